The number of carbonyl (C=O) groups excluding carboxylic acids is 3. The second kappa shape index (κ2) is 8.81. The number of hydrazone groups is 1. The number of likely N-dealkylation sites (tertiary alicyclic amines) is 1. The van der Waals surface area contributed by atoms with Crippen LogP contribution >= 0.6 is 0 Å². The summed E-state index contributed by atoms with van der Waals surface area (Å²) in [6, 6.07) is 10.0. The fourth-order valence-electron chi connectivity index (χ4n) is 5.08. The lowest BCUT2D eigenvalue weighted by Gasteiger charge is -2.40. The number of nitrogens with zero attached hydrogens (tertiary/aromatic N) is 2. The van der Waals surface area contributed by atoms with Crippen LogP contribution in [0.25, 0.3) is 0 Å². The van der Waals surface area contributed by atoms with E-state index in [2.05, 4.69) is 15.8 Å². The zero-order valence-corrected chi connectivity index (χ0v) is 18.4. The lowest BCUT2D eigenvalue weighted by atomic mass is 9.82. The molecule has 2 heterocycles. The van der Waals surface area contributed by atoms with Gasteiger partial charge in [-0.15, -0.1) is 0 Å². The first-order chi connectivity index (χ1) is 14.8. The van der Waals surface area contributed by atoms with Crippen LogP contribution < -0.4 is 10.7 Å². The molecule has 1 aliphatic carbocycles. The zero-order chi connectivity index (χ0) is 22.0. The van der Waals surface area contributed by atoms with Crippen LogP contribution in [0.3, 0.4) is 0 Å². The topological polar surface area (TPSA) is 90.9 Å². The summed E-state index contributed by atoms with van der Waals surface area (Å²) in [6.45, 7) is 5.34. The molecule has 1 aromatic rings. The third kappa shape index (κ3) is 4.65. The zero-order valence-electron chi connectivity index (χ0n) is 18.4. The normalized spacial score (nSPS) is 25.6. The average Bonchev–Trinajstić information content (AvgIpc) is 3.00. The molecule has 1 saturated carbocycles. The number of carbonyl (C=O) groups is 3. The number of rotatable bonds is 6. The van der Waals surface area contributed by atoms with Crippen molar-refractivity contribution in [1.82, 2.24) is 15.6 Å². The predicted octanol–water partition coefficient (Wildman–Crippen LogP) is 2.36. The molecular weight excluding hydrogens is 392 g/mol. The van der Waals surface area contributed by atoms with Crippen LogP contribution in [-0.4, -0.2) is 47.5 Å². The Hall–Kier alpha value is -2.70. The van der Waals surface area contributed by atoms with E-state index < -0.39 is 5.41 Å². The van der Waals surface area contributed by atoms with E-state index in [1.54, 1.807) is 0 Å². The van der Waals surface area contributed by atoms with Gasteiger partial charge in [0.15, 0.2) is 0 Å². The lowest BCUT2D eigenvalue weighted by Crippen LogP contribution is -2.56. The quantitative estimate of drug-likeness (QED) is 0.735. The molecule has 2 fully saturated rings. The molecule has 0 aromatic heterocycles. The molecule has 3 aliphatic rings. The summed E-state index contributed by atoms with van der Waals surface area (Å²) in [6.07, 6.45) is 4.19. The van der Waals surface area contributed by atoms with Crippen LogP contribution in [0, 0.1) is 11.8 Å². The van der Waals surface area contributed by atoms with Gasteiger partial charge in [0.05, 0.1) is 5.41 Å². The van der Waals surface area contributed by atoms with Gasteiger partial charge >= 0.3 is 0 Å². The lowest BCUT2D eigenvalue weighted by molar-refractivity contribution is -0.134. The minimum absolute atomic E-state index is 0.0535. The van der Waals surface area contributed by atoms with E-state index in [0.717, 1.165) is 24.1 Å². The van der Waals surface area contributed by atoms with E-state index in [1.807, 2.05) is 49.1 Å². The Morgan fingerprint density at radius 1 is 1.13 bits per heavy atom. The summed E-state index contributed by atoms with van der Waals surface area (Å²) in [5.74, 6) is 0.754. The number of nitrogens with one attached hydrogen (secondary N) is 2. The van der Waals surface area contributed by atoms with Crippen molar-refractivity contribution in [3.63, 3.8) is 0 Å². The van der Waals surface area contributed by atoms with Crippen molar-refractivity contribution in [3.05, 3.63) is 35.9 Å². The fraction of sp³-hybridized carbons (Fsp3) is 0.583. The Bertz CT molecular complexity index is 866. The first-order valence-corrected chi connectivity index (χ1v) is 11.3. The number of fused-ring (bicyclic) bond motifs is 2. The van der Waals surface area contributed by atoms with Gasteiger partial charge in [-0.2, -0.15) is 5.10 Å². The number of piperidine rings is 1. The van der Waals surface area contributed by atoms with Crippen LogP contribution in [0.1, 0.15) is 57.9 Å². The molecule has 1 aromatic carbocycles. The van der Waals surface area contributed by atoms with E-state index in [1.165, 1.54) is 0 Å². The average molecular weight is 425 g/mol. The van der Waals surface area contributed by atoms with Gasteiger partial charge in [-0.25, -0.2) is 5.43 Å². The summed E-state index contributed by atoms with van der Waals surface area (Å²) in [7, 11) is 0. The van der Waals surface area contributed by atoms with Gasteiger partial charge in [-0.05, 0) is 56.9 Å². The molecule has 3 atom stereocenters. The summed E-state index contributed by atoms with van der Waals surface area (Å²) in [5.41, 5.74) is 3.80. The van der Waals surface area contributed by atoms with Gasteiger partial charge in [0.1, 0.15) is 0 Å². The first kappa shape index (κ1) is 21.5. The molecule has 2 N–H and O–H groups in total. The van der Waals surface area contributed by atoms with Crippen molar-refractivity contribution in [2.75, 3.05) is 13.1 Å². The minimum atomic E-state index is -0.593. The van der Waals surface area contributed by atoms with Gasteiger partial charge in [0, 0.05) is 37.7 Å². The highest BCUT2D eigenvalue weighted by atomic mass is 16.2. The summed E-state index contributed by atoms with van der Waals surface area (Å²) in [4.78, 5) is 39.1. The van der Waals surface area contributed by atoms with E-state index in [4.69, 9.17) is 0 Å². The number of benzene rings is 1. The molecule has 1 saturated heterocycles. The first-order valence-electron chi connectivity index (χ1n) is 11.3. The SMILES string of the molecule is CC(C)(C(=O)NC1[C@@H]2CC[C@H]1CN(C(=O)CCC1=NNC(=O)CC1)C2)c1ccccc1. The summed E-state index contributed by atoms with van der Waals surface area (Å²) < 4.78 is 0. The maximum atomic E-state index is 13.1. The second-order valence-corrected chi connectivity index (χ2v) is 9.60. The Kier molecular flexibility index (Phi) is 6.12. The summed E-state index contributed by atoms with van der Waals surface area (Å²) >= 11 is 0. The van der Waals surface area contributed by atoms with Crippen molar-refractivity contribution < 1.29 is 14.4 Å². The molecule has 2 bridgehead atoms. The smallest absolute Gasteiger partial charge is 0.240 e. The Balaban J connectivity index is 1.32. The third-order valence-corrected chi connectivity index (χ3v) is 7.15. The molecule has 4 rings (SSSR count). The second-order valence-electron chi connectivity index (χ2n) is 9.60. The van der Waals surface area contributed by atoms with Crippen LogP contribution in [-0.2, 0) is 19.8 Å². The van der Waals surface area contributed by atoms with E-state index >= 15 is 0 Å². The van der Waals surface area contributed by atoms with Crippen molar-refractivity contribution in [3.8, 4) is 0 Å². The van der Waals surface area contributed by atoms with Gasteiger partial charge in [0.2, 0.25) is 17.7 Å². The van der Waals surface area contributed by atoms with Gasteiger partial charge in [0.25, 0.3) is 0 Å². The number of amides is 3. The Morgan fingerprint density at radius 2 is 1.81 bits per heavy atom. The number of hydrogen-bond donors (Lipinski definition) is 2. The van der Waals surface area contributed by atoms with Gasteiger partial charge < -0.3 is 10.2 Å². The molecular formula is C24H32N4O3. The van der Waals surface area contributed by atoms with E-state index in [0.29, 0.717) is 50.6 Å². The monoisotopic (exact) mass is 424 g/mol. The van der Waals surface area contributed by atoms with Crippen LogP contribution in [0.15, 0.2) is 35.4 Å². The molecule has 0 spiro atoms. The molecule has 2 aliphatic heterocycles. The van der Waals surface area contributed by atoms with Gasteiger partial charge in [-0.1, -0.05) is 30.3 Å². The molecule has 7 nitrogen and oxygen atoms in total. The minimum Gasteiger partial charge on any atom is -0.352 e. The van der Waals surface area contributed by atoms with E-state index in [-0.39, 0.29) is 23.8 Å². The predicted molar refractivity (Wildman–Crippen MR) is 118 cm³/mol. The van der Waals surface area contributed by atoms with Crippen molar-refractivity contribution in [2.45, 2.75) is 63.8 Å². The number of hydrogen-bond acceptors (Lipinski definition) is 4. The Morgan fingerprint density at radius 3 is 2.42 bits per heavy atom. The molecule has 3 amide bonds. The van der Waals surface area contributed by atoms with Crippen LogP contribution in [0.5, 0.6) is 0 Å². The molecule has 166 valence electrons. The molecule has 31 heavy (non-hydrogen) atoms. The third-order valence-electron chi connectivity index (χ3n) is 7.15. The van der Waals surface area contributed by atoms with Crippen molar-refractivity contribution >= 4 is 23.4 Å². The molecule has 7 heteroatoms. The standard InChI is InChI=1S/C24H32N4O3/c1-24(2,18-6-4-3-5-7-18)23(31)25-22-16-8-9-17(22)15-28(14-16)21(30)13-11-19-10-12-20(29)27-26-19/h3-7,16-17,22H,8-15H2,1-2H3,(H,25,31)(H,27,29)/t16-,17+,22?. The van der Waals surface area contributed by atoms with E-state index in [9.17, 15) is 14.4 Å². The van der Waals surface area contributed by atoms with Crippen molar-refractivity contribution in [2.24, 2.45) is 16.9 Å². The molecule has 1 unspecified atom stereocenters. The maximum Gasteiger partial charge on any atom is 0.240 e. The highest BCUT2D eigenvalue weighted by Crippen LogP contribution is 2.38. The maximum absolute atomic E-state index is 13.1. The highest BCUT2D eigenvalue weighted by Gasteiger charge is 2.45. The fourth-order valence-corrected chi connectivity index (χ4v) is 5.08. The largest absolute Gasteiger partial charge is 0.352 e. The van der Waals surface area contributed by atoms with Crippen molar-refractivity contribution in [1.29, 1.82) is 0 Å². The Labute approximate surface area is 183 Å². The molecule has 0 radical (unpaired) electrons. The summed E-state index contributed by atoms with van der Waals surface area (Å²) in [5, 5.41) is 7.39. The van der Waals surface area contributed by atoms with Gasteiger partial charge in [-0.3, -0.25) is 14.4 Å². The highest BCUT2D eigenvalue weighted by molar-refractivity contribution is 5.94. The van der Waals surface area contributed by atoms with Crippen LogP contribution in [0.4, 0.5) is 0 Å². The van der Waals surface area contributed by atoms with Crippen LogP contribution in [0.2, 0.25) is 0 Å².